The Morgan fingerprint density at radius 1 is 0.783 bits per heavy atom. The van der Waals surface area contributed by atoms with Gasteiger partial charge in [0.05, 0.1) is 10.6 Å². The summed E-state index contributed by atoms with van der Waals surface area (Å²) in [6.45, 7) is 3.72. The van der Waals surface area contributed by atoms with Crippen molar-refractivity contribution in [3.63, 3.8) is 0 Å². The van der Waals surface area contributed by atoms with Gasteiger partial charge in [0.1, 0.15) is 12.6 Å². The summed E-state index contributed by atoms with van der Waals surface area (Å²) in [7, 11) is -4.12. The zero-order chi connectivity index (χ0) is 32.5. The normalized spacial score (nSPS) is 14.0. The van der Waals surface area contributed by atoms with Gasteiger partial charge in [0.2, 0.25) is 11.8 Å². The van der Waals surface area contributed by atoms with Gasteiger partial charge in [-0.2, -0.15) is 0 Å². The molecule has 0 bridgehead atoms. The largest absolute Gasteiger partial charge is 0.352 e. The molecular weight excluding hydrogens is 595 g/mol. The van der Waals surface area contributed by atoms with Crippen molar-refractivity contribution in [3.8, 4) is 0 Å². The lowest BCUT2D eigenvalue weighted by molar-refractivity contribution is -0.140. The summed E-state index contributed by atoms with van der Waals surface area (Å²) in [6.07, 6.45) is 5.03. The molecule has 46 heavy (non-hydrogen) atoms. The number of anilines is 1. The molecule has 5 rings (SSSR count). The van der Waals surface area contributed by atoms with Crippen molar-refractivity contribution < 1.29 is 18.0 Å². The maximum absolute atomic E-state index is 14.6. The third kappa shape index (κ3) is 8.23. The van der Waals surface area contributed by atoms with Crippen molar-refractivity contribution in [3.05, 3.63) is 131 Å². The number of carbonyl (C=O) groups is 2. The molecule has 0 heterocycles. The number of nitrogens with zero attached hydrogens (tertiary/aromatic N) is 2. The lowest BCUT2D eigenvalue weighted by Crippen LogP contribution is -2.54. The molecule has 0 radical (unpaired) electrons. The Hall–Kier alpha value is -4.43. The second kappa shape index (κ2) is 15.2. The summed E-state index contributed by atoms with van der Waals surface area (Å²) in [6, 6.07) is 32.1. The molecule has 1 atom stereocenters. The molecule has 1 N–H and O–H groups in total. The van der Waals surface area contributed by atoms with E-state index in [4.69, 9.17) is 0 Å². The summed E-state index contributed by atoms with van der Waals surface area (Å²) in [5, 5.41) is 3.22. The Labute approximate surface area is 273 Å². The van der Waals surface area contributed by atoms with Crippen LogP contribution in [0.25, 0.3) is 0 Å². The first-order valence-electron chi connectivity index (χ1n) is 16.1. The zero-order valence-electron chi connectivity index (χ0n) is 26.6. The van der Waals surface area contributed by atoms with Crippen LogP contribution >= 0.6 is 0 Å². The van der Waals surface area contributed by atoms with E-state index in [2.05, 4.69) is 5.32 Å². The van der Waals surface area contributed by atoms with Crippen molar-refractivity contribution in [2.75, 3.05) is 10.8 Å². The fraction of sp³-hybridized carbons (Fsp3) is 0.316. The van der Waals surface area contributed by atoms with Gasteiger partial charge in [-0.1, -0.05) is 110 Å². The highest BCUT2D eigenvalue weighted by Gasteiger charge is 2.35. The van der Waals surface area contributed by atoms with Crippen molar-refractivity contribution in [1.82, 2.24) is 10.2 Å². The third-order valence-corrected chi connectivity index (χ3v) is 10.5. The average Bonchev–Trinajstić information content (AvgIpc) is 3.60. The summed E-state index contributed by atoms with van der Waals surface area (Å²) >= 11 is 0. The molecule has 2 amide bonds. The van der Waals surface area contributed by atoms with E-state index in [1.54, 1.807) is 35.2 Å². The Balaban J connectivity index is 1.55. The number of amides is 2. The molecule has 7 nitrogen and oxygen atoms in total. The highest BCUT2D eigenvalue weighted by Crippen LogP contribution is 2.26. The van der Waals surface area contributed by atoms with E-state index in [0.717, 1.165) is 54.4 Å². The van der Waals surface area contributed by atoms with E-state index in [-0.39, 0.29) is 23.4 Å². The topological polar surface area (TPSA) is 86.8 Å². The predicted molar refractivity (Wildman–Crippen MR) is 183 cm³/mol. The van der Waals surface area contributed by atoms with Crippen LogP contribution in [-0.2, 0) is 39.0 Å². The lowest BCUT2D eigenvalue weighted by atomic mass is 10.0. The van der Waals surface area contributed by atoms with Gasteiger partial charge in [-0.3, -0.25) is 13.9 Å². The summed E-state index contributed by atoms with van der Waals surface area (Å²) in [5.41, 5.74) is 4.30. The Bertz CT molecular complexity index is 1690. The van der Waals surface area contributed by atoms with Crippen molar-refractivity contribution in [1.29, 1.82) is 0 Å². The molecule has 0 aliphatic heterocycles. The maximum atomic E-state index is 14.6. The molecule has 0 aromatic heterocycles. The molecule has 1 aliphatic carbocycles. The molecule has 240 valence electrons. The fourth-order valence-electron chi connectivity index (χ4n) is 5.96. The van der Waals surface area contributed by atoms with Crippen LogP contribution < -0.4 is 9.62 Å². The molecule has 4 aromatic carbocycles. The van der Waals surface area contributed by atoms with E-state index < -0.39 is 28.5 Å². The Morgan fingerprint density at radius 2 is 1.37 bits per heavy atom. The minimum Gasteiger partial charge on any atom is -0.352 e. The number of benzene rings is 4. The molecule has 1 aliphatic rings. The molecule has 1 unspecified atom stereocenters. The smallest absolute Gasteiger partial charge is 0.264 e. The summed E-state index contributed by atoms with van der Waals surface area (Å²) in [5.74, 6) is -0.678. The van der Waals surface area contributed by atoms with Crippen LogP contribution in [0.1, 0.15) is 54.9 Å². The number of carbonyl (C=O) groups excluding carboxylic acids is 2. The minimum atomic E-state index is -4.12. The van der Waals surface area contributed by atoms with E-state index in [1.165, 1.54) is 16.4 Å². The average molecular weight is 638 g/mol. The molecule has 1 saturated carbocycles. The summed E-state index contributed by atoms with van der Waals surface area (Å²) < 4.78 is 29.5. The summed E-state index contributed by atoms with van der Waals surface area (Å²) in [4.78, 5) is 30.4. The molecule has 0 spiro atoms. The molecule has 8 heteroatoms. The van der Waals surface area contributed by atoms with Crippen LogP contribution in [0.5, 0.6) is 0 Å². The number of hydrogen-bond acceptors (Lipinski definition) is 4. The van der Waals surface area contributed by atoms with Gasteiger partial charge in [0.25, 0.3) is 10.0 Å². The van der Waals surface area contributed by atoms with Gasteiger partial charge in [-0.15, -0.1) is 0 Å². The van der Waals surface area contributed by atoms with Crippen molar-refractivity contribution >= 4 is 27.5 Å². The SMILES string of the molecule is CCc1ccc(N(CC(=O)N(Cc2ccc(C)cc2)C(Cc2ccccc2)C(=O)NC2CCCC2)S(=O)(=O)c2ccccc2)cc1. The third-order valence-electron chi connectivity index (χ3n) is 8.69. The van der Waals surface area contributed by atoms with Crippen molar-refractivity contribution in [2.45, 2.75) is 75.9 Å². The van der Waals surface area contributed by atoms with E-state index in [9.17, 15) is 18.0 Å². The number of rotatable bonds is 13. The van der Waals surface area contributed by atoms with Gasteiger partial charge >= 0.3 is 0 Å². The number of hydrogen-bond donors (Lipinski definition) is 1. The molecule has 1 fully saturated rings. The van der Waals surface area contributed by atoms with Crippen LogP contribution in [0.4, 0.5) is 5.69 Å². The van der Waals surface area contributed by atoms with Gasteiger partial charge in [-0.05, 0) is 67.1 Å². The van der Waals surface area contributed by atoms with Gasteiger partial charge in [0, 0.05) is 19.0 Å². The Kier molecular flexibility index (Phi) is 10.9. The van der Waals surface area contributed by atoms with E-state index in [1.807, 2.05) is 80.6 Å². The molecular formula is C38H43N3O4S. The van der Waals surface area contributed by atoms with Crippen LogP contribution in [0.3, 0.4) is 0 Å². The monoisotopic (exact) mass is 637 g/mol. The van der Waals surface area contributed by atoms with Gasteiger partial charge in [0.15, 0.2) is 0 Å². The minimum absolute atomic E-state index is 0.0640. The van der Waals surface area contributed by atoms with Gasteiger partial charge < -0.3 is 10.2 Å². The van der Waals surface area contributed by atoms with Crippen LogP contribution in [-0.4, -0.2) is 43.8 Å². The lowest BCUT2D eigenvalue weighted by Gasteiger charge is -2.34. The quantitative estimate of drug-likeness (QED) is 0.183. The van der Waals surface area contributed by atoms with Crippen LogP contribution in [0.2, 0.25) is 0 Å². The highest BCUT2D eigenvalue weighted by atomic mass is 32.2. The van der Waals surface area contributed by atoms with Crippen LogP contribution in [0.15, 0.2) is 114 Å². The first-order valence-corrected chi connectivity index (χ1v) is 17.5. The molecule has 4 aromatic rings. The predicted octanol–water partition coefficient (Wildman–Crippen LogP) is 6.45. The first kappa shape index (κ1) is 32.9. The number of sulfonamides is 1. The van der Waals surface area contributed by atoms with Crippen molar-refractivity contribution in [2.24, 2.45) is 0 Å². The standard InChI is InChI=1S/C38H43N3O4S/c1-3-30-22-24-34(25-23-30)41(46(44,45)35-16-8-5-9-17-35)28-37(42)40(27-32-20-18-29(2)19-21-32)36(26-31-12-6-4-7-13-31)38(43)39-33-14-10-11-15-33/h4-9,12-13,16-25,33,36H,3,10-11,14-15,26-28H2,1-2H3,(H,39,43). The second-order valence-corrected chi connectivity index (χ2v) is 13.9. The number of nitrogens with one attached hydrogen (secondary N) is 1. The van der Waals surface area contributed by atoms with E-state index in [0.29, 0.717) is 12.1 Å². The van der Waals surface area contributed by atoms with Gasteiger partial charge in [-0.25, -0.2) is 8.42 Å². The highest BCUT2D eigenvalue weighted by molar-refractivity contribution is 7.92. The Morgan fingerprint density at radius 3 is 1.98 bits per heavy atom. The maximum Gasteiger partial charge on any atom is 0.264 e. The zero-order valence-corrected chi connectivity index (χ0v) is 27.5. The number of aryl methyl sites for hydroxylation is 2. The first-order chi connectivity index (χ1) is 22.2. The fourth-order valence-corrected chi connectivity index (χ4v) is 7.39. The molecule has 0 saturated heterocycles. The van der Waals surface area contributed by atoms with E-state index >= 15 is 0 Å². The second-order valence-electron chi connectivity index (χ2n) is 12.0. The van der Waals surface area contributed by atoms with Crippen LogP contribution in [0, 0.1) is 6.92 Å².